The first-order valence-electron chi connectivity index (χ1n) is 13.4. The van der Waals surface area contributed by atoms with Crippen molar-refractivity contribution in [3.63, 3.8) is 0 Å². The van der Waals surface area contributed by atoms with Crippen LogP contribution in [0.3, 0.4) is 0 Å². The first-order valence-corrected chi connectivity index (χ1v) is 14.1. The second-order valence-corrected chi connectivity index (χ2v) is 11.0. The first-order chi connectivity index (χ1) is 21.9. The Morgan fingerprint density at radius 3 is 1.59 bits per heavy atom. The van der Waals surface area contributed by atoms with E-state index in [4.69, 9.17) is 27.6 Å². The van der Waals surface area contributed by atoms with Gasteiger partial charge in [-0.2, -0.15) is 5.26 Å². The fourth-order valence-corrected chi connectivity index (χ4v) is 5.12. The lowest BCUT2D eigenvalue weighted by Crippen LogP contribution is -2.38. The summed E-state index contributed by atoms with van der Waals surface area (Å²) in [7, 11) is 0. The van der Waals surface area contributed by atoms with Gasteiger partial charge in [0, 0.05) is 33.3 Å². The molecule has 46 heavy (non-hydrogen) atoms. The molecule has 0 aliphatic rings. The molecular formula is C33H20Cl2N4O7. The number of nitriles is 1. The van der Waals surface area contributed by atoms with Crippen molar-refractivity contribution in [2.24, 2.45) is 0 Å². The third-order valence-electron chi connectivity index (χ3n) is 7.04. The van der Waals surface area contributed by atoms with Crippen molar-refractivity contribution in [2.75, 3.05) is 4.90 Å². The SMILES string of the molecule is Cc1ccc(-c2oc(N(C(=O)c3cc(Cl)ccc3[N+](=O)[O-])C(=O)c3cc(Cl)ccc3[N+](=O)[O-])c(C#N)c2-c2ccc(C)cc2)cc1. The van der Waals surface area contributed by atoms with Crippen LogP contribution in [0.15, 0.2) is 89.3 Å². The highest BCUT2D eigenvalue weighted by Gasteiger charge is 2.39. The summed E-state index contributed by atoms with van der Waals surface area (Å²) < 4.78 is 6.21. The van der Waals surface area contributed by atoms with Gasteiger partial charge in [-0.3, -0.25) is 29.8 Å². The van der Waals surface area contributed by atoms with E-state index in [0.717, 1.165) is 35.4 Å². The number of benzene rings is 4. The third kappa shape index (κ3) is 5.95. The number of carbonyl (C=O) groups excluding carboxylic acids is 2. The predicted octanol–water partition coefficient (Wildman–Crippen LogP) is 8.71. The summed E-state index contributed by atoms with van der Waals surface area (Å²) in [5.41, 5.74) is 0.0441. The van der Waals surface area contributed by atoms with Crippen LogP contribution < -0.4 is 4.90 Å². The summed E-state index contributed by atoms with van der Waals surface area (Å²) in [4.78, 5) is 51.2. The number of nitro groups is 2. The van der Waals surface area contributed by atoms with Gasteiger partial charge in [0.15, 0.2) is 0 Å². The monoisotopic (exact) mass is 654 g/mol. The topological polar surface area (TPSA) is 161 Å². The standard InChI is InChI=1S/C33H20Cl2N4O7/c1-18-3-7-20(8-4-18)29-26(17-36)33(46-30(29)21-9-5-19(2)6-10-21)37(31(40)24-15-22(34)11-13-27(24)38(42)43)32(41)25-16-23(35)12-14-28(25)39(44)45/h3-16H,1-2H3. The van der Waals surface area contributed by atoms with Crippen LogP contribution in [0.25, 0.3) is 22.5 Å². The summed E-state index contributed by atoms with van der Waals surface area (Å²) in [6.07, 6.45) is 0. The van der Waals surface area contributed by atoms with Crippen molar-refractivity contribution in [2.45, 2.75) is 13.8 Å². The number of halogens is 2. The number of anilines is 1. The zero-order valence-electron chi connectivity index (χ0n) is 24.0. The lowest BCUT2D eigenvalue weighted by atomic mass is 9.97. The minimum atomic E-state index is -1.33. The number of nitro benzene ring substituents is 2. The van der Waals surface area contributed by atoms with Crippen molar-refractivity contribution in [1.29, 1.82) is 5.26 Å². The molecule has 1 aromatic heterocycles. The molecule has 5 rings (SSSR count). The molecule has 0 saturated carbocycles. The molecule has 5 aromatic rings. The lowest BCUT2D eigenvalue weighted by molar-refractivity contribution is -0.385. The smallest absolute Gasteiger partial charge is 0.282 e. The Labute approximate surface area is 271 Å². The van der Waals surface area contributed by atoms with E-state index in [2.05, 4.69) is 0 Å². The number of amides is 2. The van der Waals surface area contributed by atoms with Crippen molar-refractivity contribution in [1.82, 2.24) is 0 Å². The maximum atomic E-state index is 14.3. The quantitative estimate of drug-likeness (QED) is 0.0955. The van der Waals surface area contributed by atoms with Gasteiger partial charge in [0.2, 0.25) is 5.88 Å². The fourth-order valence-electron chi connectivity index (χ4n) is 4.78. The molecule has 0 fully saturated rings. The molecule has 2 amide bonds. The lowest BCUT2D eigenvalue weighted by Gasteiger charge is -2.19. The largest absolute Gasteiger partial charge is 0.437 e. The van der Waals surface area contributed by atoms with E-state index < -0.39 is 50.0 Å². The fraction of sp³-hybridized carbons (Fsp3) is 0.0606. The van der Waals surface area contributed by atoms with Crippen LogP contribution in [0.1, 0.15) is 37.4 Å². The molecule has 1 heterocycles. The van der Waals surface area contributed by atoms with Crippen LogP contribution in [0.4, 0.5) is 17.3 Å². The molecule has 0 radical (unpaired) electrons. The molecule has 0 bridgehead atoms. The van der Waals surface area contributed by atoms with E-state index >= 15 is 0 Å². The number of furan rings is 1. The van der Waals surface area contributed by atoms with Gasteiger partial charge >= 0.3 is 0 Å². The number of hydrogen-bond acceptors (Lipinski definition) is 8. The first kappa shape index (κ1) is 31.6. The summed E-state index contributed by atoms with van der Waals surface area (Å²) in [6, 6.07) is 22.3. The Bertz CT molecular complexity index is 2030. The molecule has 228 valence electrons. The summed E-state index contributed by atoms with van der Waals surface area (Å²) in [5.74, 6) is -3.18. The van der Waals surface area contributed by atoms with E-state index in [9.17, 15) is 35.1 Å². The predicted molar refractivity (Wildman–Crippen MR) is 171 cm³/mol. The van der Waals surface area contributed by atoms with Crippen molar-refractivity contribution in [3.8, 4) is 28.5 Å². The van der Waals surface area contributed by atoms with Crippen LogP contribution in [0.5, 0.6) is 0 Å². The Morgan fingerprint density at radius 2 is 1.17 bits per heavy atom. The van der Waals surface area contributed by atoms with Crippen LogP contribution in [-0.4, -0.2) is 21.7 Å². The van der Waals surface area contributed by atoms with E-state index in [1.807, 2.05) is 19.9 Å². The minimum Gasteiger partial charge on any atom is -0.437 e. The normalized spacial score (nSPS) is 10.7. The van der Waals surface area contributed by atoms with Crippen LogP contribution in [0, 0.1) is 45.4 Å². The van der Waals surface area contributed by atoms with Crippen molar-refractivity contribution < 1.29 is 23.9 Å². The van der Waals surface area contributed by atoms with Crippen LogP contribution >= 0.6 is 23.2 Å². The zero-order chi connectivity index (χ0) is 33.3. The number of imide groups is 1. The maximum absolute atomic E-state index is 14.3. The molecule has 0 aliphatic carbocycles. The molecule has 13 heteroatoms. The molecule has 0 aliphatic heterocycles. The van der Waals surface area contributed by atoms with Gasteiger partial charge in [-0.05, 0) is 43.7 Å². The van der Waals surface area contributed by atoms with Gasteiger partial charge in [-0.25, -0.2) is 4.90 Å². The second kappa shape index (κ2) is 12.6. The van der Waals surface area contributed by atoms with Crippen molar-refractivity contribution >= 4 is 52.3 Å². The summed E-state index contributed by atoms with van der Waals surface area (Å²) in [6.45, 7) is 3.74. The molecule has 0 N–H and O–H groups in total. The molecule has 11 nitrogen and oxygen atoms in total. The van der Waals surface area contributed by atoms with Gasteiger partial charge < -0.3 is 4.42 Å². The highest BCUT2D eigenvalue weighted by Crippen LogP contribution is 2.44. The van der Waals surface area contributed by atoms with E-state index in [1.54, 1.807) is 48.5 Å². The zero-order valence-corrected chi connectivity index (χ0v) is 25.5. The molecular weight excluding hydrogens is 635 g/mol. The molecule has 4 aromatic carbocycles. The molecule has 0 spiro atoms. The molecule has 0 atom stereocenters. The highest BCUT2D eigenvalue weighted by molar-refractivity contribution is 6.33. The number of nitrogens with zero attached hydrogens (tertiary/aromatic N) is 4. The minimum absolute atomic E-state index is 0.0734. The van der Waals surface area contributed by atoms with E-state index in [0.29, 0.717) is 16.0 Å². The van der Waals surface area contributed by atoms with Crippen molar-refractivity contribution in [3.05, 3.63) is 143 Å². The van der Waals surface area contributed by atoms with Gasteiger partial charge in [-0.15, -0.1) is 0 Å². The maximum Gasteiger partial charge on any atom is 0.282 e. The van der Waals surface area contributed by atoms with E-state index in [-0.39, 0.29) is 26.9 Å². The van der Waals surface area contributed by atoms with Crippen LogP contribution in [0.2, 0.25) is 10.0 Å². The number of aryl methyl sites for hydroxylation is 2. The average molecular weight is 655 g/mol. The number of carbonyl (C=O) groups is 2. The summed E-state index contributed by atoms with van der Waals surface area (Å²) in [5, 5.41) is 34.3. The Balaban J connectivity index is 1.88. The van der Waals surface area contributed by atoms with Crippen LogP contribution in [-0.2, 0) is 0 Å². The van der Waals surface area contributed by atoms with Gasteiger partial charge in [-0.1, -0.05) is 82.9 Å². The molecule has 0 saturated heterocycles. The number of hydrogen-bond donors (Lipinski definition) is 0. The molecule has 0 unspecified atom stereocenters. The third-order valence-corrected chi connectivity index (χ3v) is 7.51. The van der Waals surface area contributed by atoms with Gasteiger partial charge in [0.05, 0.1) is 9.85 Å². The average Bonchev–Trinajstić information content (AvgIpc) is 3.40. The Morgan fingerprint density at radius 1 is 0.739 bits per heavy atom. The van der Waals surface area contributed by atoms with E-state index in [1.165, 1.54) is 12.1 Å². The Hall–Kier alpha value is -5.83. The second-order valence-electron chi connectivity index (χ2n) is 10.1. The highest BCUT2D eigenvalue weighted by atomic mass is 35.5. The van der Waals surface area contributed by atoms with Gasteiger partial charge in [0.25, 0.3) is 23.2 Å². The number of rotatable bonds is 7. The Kier molecular flexibility index (Phi) is 8.69. The summed E-state index contributed by atoms with van der Waals surface area (Å²) >= 11 is 12.2. The van der Waals surface area contributed by atoms with Gasteiger partial charge in [0.1, 0.15) is 28.5 Å².